The first kappa shape index (κ1) is 15.3. The first-order valence-electron chi connectivity index (χ1n) is 7.05. The Bertz CT molecular complexity index is 438. The third kappa shape index (κ3) is 3.12. The SMILES string of the molecule is CN1CCCc2cc(CNC(CO)(CO)CO)ccc21. The van der Waals surface area contributed by atoms with E-state index in [1.54, 1.807) is 0 Å². The standard InChI is InChI=1S/C15H24N2O3/c1-17-6-2-3-13-7-12(4-5-14(13)17)8-16-15(9-18,10-19)11-20/h4-5,7,16,18-20H,2-3,6,8-11H2,1H3. The molecule has 0 radical (unpaired) electrons. The molecule has 5 heteroatoms. The van der Waals surface area contributed by atoms with Crippen molar-refractivity contribution >= 4 is 5.69 Å². The first-order valence-corrected chi connectivity index (χ1v) is 7.05. The van der Waals surface area contributed by atoms with E-state index in [0.29, 0.717) is 6.54 Å². The Hall–Kier alpha value is -1.14. The Labute approximate surface area is 119 Å². The van der Waals surface area contributed by atoms with E-state index in [-0.39, 0.29) is 19.8 Å². The summed E-state index contributed by atoms with van der Waals surface area (Å²) in [7, 11) is 2.10. The normalized spacial score (nSPS) is 15.3. The van der Waals surface area contributed by atoms with Gasteiger partial charge in [-0.1, -0.05) is 12.1 Å². The van der Waals surface area contributed by atoms with Crippen molar-refractivity contribution in [3.05, 3.63) is 29.3 Å². The summed E-state index contributed by atoms with van der Waals surface area (Å²) >= 11 is 0. The Balaban J connectivity index is 2.07. The molecule has 1 aromatic rings. The lowest BCUT2D eigenvalue weighted by molar-refractivity contribution is 0.0414. The summed E-state index contributed by atoms with van der Waals surface area (Å²) in [5, 5.41) is 30.9. The summed E-state index contributed by atoms with van der Waals surface area (Å²) in [6.07, 6.45) is 2.24. The van der Waals surface area contributed by atoms with Crippen molar-refractivity contribution < 1.29 is 15.3 Å². The highest BCUT2D eigenvalue weighted by atomic mass is 16.3. The molecule has 0 aliphatic carbocycles. The molecule has 0 saturated heterocycles. The van der Waals surface area contributed by atoms with Crippen LogP contribution < -0.4 is 10.2 Å². The zero-order valence-electron chi connectivity index (χ0n) is 12.0. The Kier molecular flexibility index (Phi) is 4.99. The highest BCUT2D eigenvalue weighted by molar-refractivity contribution is 5.56. The minimum absolute atomic E-state index is 0.298. The molecule has 0 spiro atoms. The van der Waals surface area contributed by atoms with Gasteiger partial charge in [0.05, 0.1) is 25.4 Å². The van der Waals surface area contributed by atoms with E-state index in [0.717, 1.165) is 24.9 Å². The third-order valence-electron chi connectivity index (χ3n) is 4.07. The fourth-order valence-electron chi connectivity index (χ4n) is 2.56. The van der Waals surface area contributed by atoms with Gasteiger partial charge < -0.3 is 25.5 Å². The highest BCUT2D eigenvalue weighted by Crippen LogP contribution is 2.26. The number of nitrogens with zero attached hydrogens (tertiary/aromatic N) is 1. The largest absolute Gasteiger partial charge is 0.394 e. The van der Waals surface area contributed by atoms with Crippen LogP contribution in [0.3, 0.4) is 0 Å². The summed E-state index contributed by atoms with van der Waals surface area (Å²) in [5.41, 5.74) is 2.68. The molecule has 0 saturated carbocycles. The molecule has 4 N–H and O–H groups in total. The van der Waals surface area contributed by atoms with Crippen LogP contribution in [0.25, 0.3) is 0 Å². The van der Waals surface area contributed by atoms with Crippen molar-refractivity contribution in [1.29, 1.82) is 0 Å². The molecule has 1 aliphatic heterocycles. The molecule has 20 heavy (non-hydrogen) atoms. The number of aliphatic hydroxyl groups excluding tert-OH is 3. The zero-order valence-corrected chi connectivity index (χ0v) is 12.0. The van der Waals surface area contributed by atoms with E-state index in [9.17, 15) is 15.3 Å². The predicted octanol–water partition coefficient (Wildman–Crippen LogP) is -0.126. The van der Waals surface area contributed by atoms with Crippen LogP contribution in [0.2, 0.25) is 0 Å². The van der Waals surface area contributed by atoms with Gasteiger partial charge in [0, 0.05) is 25.8 Å². The van der Waals surface area contributed by atoms with Crippen molar-refractivity contribution in [2.45, 2.75) is 24.9 Å². The molecule has 0 unspecified atom stereocenters. The van der Waals surface area contributed by atoms with Crippen LogP contribution >= 0.6 is 0 Å². The molecule has 1 aliphatic rings. The van der Waals surface area contributed by atoms with E-state index in [1.165, 1.54) is 11.3 Å². The lowest BCUT2D eigenvalue weighted by atomic mass is 9.98. The van der Waals surface area contributed by atoms with Gasteiger partial charge in [0.1, 0.15) is 0 Å². The second-order valence-electron chi connectivity index (χ2n) is 5.60. The van der Waals surface area contributed by atoms with Crippen molar-refractivity contribution in [3.8, 4) is 0 Å². The summed E-state index contributed by atoms with van der Waals surface area (Å²) < 4.78 is 0. The number of benzene rings is 1. The van der Waals surface area contributed by atoms with Crippen molar-refractivity contribution in [2.24, 2.45) is 0 Å². The van der Waals surface area contributed by atoms with Gasteiger partial charge in [-0.3, -0.25) is 0 Å². The minimum atomic E-state index is -1.02. The molecule has 1 heterocycles. The van der Waals surface area contributed by atoms with Crippen LogP contribution in [-0.4, -0.2) is 54.3 Å². The number of hydrogen-bond donors (Lipinski definition) is 4. The second-order valence-corrected chi connectivity index (χ2v) is 5.60. The van der Waals surface area contributed by atoms with Crippen LogP contribution in [0.5, 0.6) is 0 Å². The fourth-order valence-corrected chi connectivity index (χ4v) is 2.56. The van der Waals surface area contributed by atoms with Crippen LogP contribution in [0.1, 0.15) is 17.5 Å². The number of fused-ring (bicyclic) bond motifs is 1. The molecule has 0 aromatic heterocycles. The molecule has 5 nitrogen and oxygen atoms in total. The van der Waals surface area contributed by atoms with Crippen LogP contribution in [0, 0.1) is 0 Å². The second kappa shape index (κ2) is 6.54. The molecule has 0 bridgehead atoms. The average Bonchev–Trinajstić information content (AvgIpc) is 2.49. The maximum absolute atomic E-state index is 9.29. The van der Waals surface area contributed by atoms with Crippen LogP contribution in [0.15, 0.2) is 18.2 Å². The average molecular weight is 280 g/mol. The summed E-state index contributed by atoms with van der Waals surface area (Å²) in [4.78, 5) is 2.26. The van der Waals surface area contributed by atoms with E-state index >= 15 is 0 Å². The highest BCUT2D eigenvalue weighted by Gasteiger charge is 2.27. The molecular weight excluding hydrogens is 256 g/mol. The number of nitrogens with one attached hydrogen (secondary N) is 1. The number of rotatable bonds is 6. The van der Waals surface area contributed by atoms with Crippen LogP contribution in [-0.2, 0) is 13.0 Å². The maximum atomic E-state index is 9.29. The number of hydrogen-bond acceptors (Lipinski definition) is 5. The van der Waals surface area contributed by atoms with Gasteiger partial charge in [0.25, 0.3) is 0 Å². The molecule has 112 valence electrons. The number of aryl methyl sites for hydroxylation is 1. The van der Waals surface area contributed by atoms with Gasteiger partial charge in [0.2, 0.25) is 0 Å². The van der Waals surface area contributed by atoms with Crippen molar-refractivity contribution in [3.63, 3.8) is 0 Å². The van der Waals surface area contributed by atoms with E-state index in [1.807, 2.05) is 6.07 Å². The summed E-state index contributed by atoms with van der Waals surface area (Å²) in [6, 6.07) is 6.32. The third-order valence-corrected chi connectivity index (χ3v) is 4.07. The lowest BCUT2D eigenvalue weighted by Gasteiger charge is -2.30. The zero-order chi connectivity index (χ0) is 14.6. The first-order chi connectivity index (χ1) is 9.64. The Morgan fingerprint density at radius 1 is 1.20 bits per heavy atom. The summed E-state index contributed by atoms with van der Waals surface area (Å²) in [5.74, 6) is 0. The number of anilines is 1. The van der Waals surface area contributed by atoms with Crippen molar-refractivity contribution in [2.75, 3.05) is 38.3 Å². The van der Waals surface area contributed by atoms with Gasteiger partial charge in [-0.2, -0.15) is 0 Å². The minimum Gasteiger partial charge on any atom is -0.394 e. The molecule has 2 rings (SSSR count). The molecule has 0 amide bonds. The monoisotopic (exact) mass is 280 g/mol. The van der Waals surface area contributed by atoms with E-state index < -0.39 is 5.54 Å². The van der Waals surface area contributed by atoms with Gasteiger partial charge in [-0.05, 0) is 30.0 Å². The Morgan fingerprint density at radius 3 is 2.55 bits per heavy atom. The lowest BCUT2D eigenvalue weighted by Crippen LogP contribution is -2.54. The fraction of sp³-hybridized carbons (Fsp3) is 0.600. The van der Waals surface area contributed by atoms with E-state index in [2.05, 4.69) is 29.4 Å². The van der Waals surface area contributed by atoms with Gasteiger partial charge >= 0.3 is 0 Å². The predicted molar refractivity (Wildman–Crippen MR) is 78.9 cm³/mol. The summed E-state index contributed by atoms with van der Waals surface area (Å²) in [6.45, 7) is 0.709. The van der Waals surface area contributed by atoms with Gasteiger partial charge in [-0.25, -0.2) is 0 Å². The quantitative estimate of drug-likeness (QED) is 0.584. The smallest absolute Gasteiger partial charge is 0.0884 e. The number of aliphatic hydroxyl groups is 3. The molecule has 1 aromatic carbocycles. The van der Waals surface area contributed by atoms with Crippen molar-refractivity contribution in [1.82, 2.24) is 5.32 Å². The molecular formula is C15H24N2O3. The Morgan fingerprint density at radius 2 is 1.90 bits per heavy atom. The van der Waals surface area contributed by atoms with E-state index in [4.69, 9.17) is 0 Å². The maximum Gasteiger partial charge on any atom is 0.0884 e. The molecule has 0 atom stereocenters. The topological polar surface area (TPSA) is 76.0 Å². The van der Waals surface area contributed by atoms with Gasteiger partial charge in [-0.15, -0.1) is 0 Å². The van der Waals surface area contributed by atoms with Crippen LogP contribution in [0.4, 0.5) is 5.69 Å². The van der Waals surface area contributed by atoms with Gasteiger partial charge in [0.15, 0.2) is 0 Å². The molecule has 0 fully saturated rings.